The predicted octanol–water partition coefficient (Wildman–Crippen LogP) is 2.09. The van der Waals surface area contributed by atoms with Gasteiger partial charge in [0.2, 0.25) is 5.91 Å². The monoisotopic (exact) mass is 282 g/mol. The molecule has 0 radical (unpaired) electrons. The van der Waals surface area contributed by atoms with Crippen LogP contribution in [0, 0.1) is 17.6 Å². The van der Waals surface area contributed by atoms with Crippen LogP contribution in [0.3, 0.4) is 0 Å². The van der Waals surface area contributed by atoms with E-state index >= 15 is 0 Å². The first kappa shape index (κ1) is 14.9. The van der Waals surface area contributed by atoms with Crippen LogP contribution in [0.25, 0.3) is 0 Å². The highest BCUT2D eigenvalue weighted by Crippen LogP contribution is 2.23. The molecule has 1 aromatic rings. The fourth-order valence-electron chi connectivity index (χ4n) is 2.76. The van der Waals surface area contributed by atoms with E-state index in [2.05, 4.69) is 6.92 Å². The Hall–Kier alpha value is -1.49. The van der Waals surface area contributed by atoms with Gasteiger partial charge in [-0.1, -0.05) is 13.0 Å². The van der Waals surface area contributed by atoms with Gasteiger partial charge in [0, 0.05) is 24.7 Å². The Labute approximate surface area is 117 Å². The van der Waals surface area contributed by atoms with Crippen LogP contribution in [-0.4, -0.2) is 29.9 Å². The number of nitrogens with two attached hydrogens (primary N) is 1. The molecule has 3 nitrogen and oxygen atoms in total. The third kappa shape index (κ3) is 3.15. The molecule has 1 aliphatic heterocycles. The van der Waals surface area contributed by atoms with Crippen LogP contribution in [0.4, 0.5) is 8.78 Å². The number of amides is 1. The van der Waals surface area contributed by atoms with E-state index in [4.69, 9.17) is 5.73 Å². The third-order valence-electron chi connectivity index (χ3n) is 3.96. The Kier molecular flexibility index (Phi) is 4.70. The minimum absolute atomic E-state index is 0.0268. The summed E-state index contributed by atoms with van der Waals surface area (Å²) in [5, 5.41) is 0. The van der Waals surface area contributed by atoms with Gasteiger partial charge < -0.3 is 10.6 Å². The van der Waals surface area contributed by atoms with Gasteiger partial charge in [0.15, 0.2) is 0 Å². The SMILES string of the molecule is CC1CCN(C(=O)Cc2c(F)cccc2F)C(CN)C1. The van der Waals surface area contributed by atoms with E-state index in [1.807, 2.05) is 0 Å². The lowest BCUT2D eigenvalue weighted by atomic mass is 9.92. The van der Waals surface area contributed by atoms with Gasteiger partial charge in [0.1, 0.15) is 11.6 Å². The van der Waals surface area contributed by atoms with Crippen LogP contribution in [0.5, 0.6) is 0 Å². The molecule has 2 atom stereocenters. The van der Waals surface area contributed by atoms with E-state index in [0.717, 1.165) is 12.8 Å². The molecule has 2 N–H and O–H groups in total. The molecule has 5 heteroatoms. The lowest BCUT2D eigenvalue weighted by molar-refractivity contribution is -0.134. The number of hydrogen-bond acceptors (Lipinski definition) is 2. The predicted molar refractivity (Wildman–Crippen MR) is 73.0 cm³/mol. The van der Waals surface area contributed by atoms with E-state index in [9.17, 15) is 13.6 Å². The first-order chi connectivity index (χ1) is 9.52. The van der Waals surface area contributed by atoms with E-state index in [-0.39, 0.29) is 23.9 Å². The molecule has 2 unspecified atom stereocenters. The molecule has 0 aromatic heterocycles. The number of hydrogen-bond donors (Lipinski definition) is 1. The summed E-state index contributed by atoms with van der Waals surface area (Å²) in [6, 6.07) is 3.61. The Morgan fingerprint density at radius 3 is 2.65 bits per heavy atom. The topological polar surface area (TPSA) is 46.3 Å². The van der Waals surface area contributed by atoms with Crippen molar-refractivity contribution in [2.45, 2.75) is 32.2 Å². The molecular weight excluding hydrogens is 262 g/mol. The summed E-state index contributed by atoms with van der Waals surface area (Å²) in [6.45, 7) is 3.12. The van der Waals surface area contributed by atoms with Gasteiger partial charge >= 0.3 is 0 Å². The second-order valence-electron chi connectivity index (χ2n) is 5.48. The zero-order valence-electron chi connectivity index (χ0n) is 11.6. The lowest BCUT2D eigenvalue weighted by Gasteiger charge is -2.38. The molecule has 1 amide bonds. The molecule has 1 aromatic carbocycles. The van der Waals surface area contributed by atoms with Crippen molar-refractivity contribution >= 4 is 5.91 Å². The molecule has 110 valence electrons. The Morgan fingerprint density at radius 2 is 2.05 bits per heavy atom. The van der Waals surface area contributed by atoms with Gasteiger partial charge in [-0.25, -0.2) is 8.78 Å². The van der Waals surface area contributed by atoms with Crippen molar-refractivity contribution in [1.29, 1.82) is 0 Å². The van der Waals surface area contributed by atoms with Crippen LogP contribution in [-0.2, 0) is 11.2 Å². The number of rotatable bonds is 3. The summed E-state index contributed by atoms with van der Waals surface area (Å²) in [7, 11) is 0. The standard InChI is InChI=1S/C15H20F2N2O/c1-10-5-6-19(11(7-10)9-18)15(20)8-12-13(16)3-2-4-14(12)17/h2-4,10-11H,5-9,18H2,1H3. The molecular formula is C15H20F2N2O. The molecule has 2 rings (SSSR count). The highest BCUT2D eigenvalue weighted by molar-refractivity contribution is 5.79. The second kappa shape index (κ2) is 6.31. The normalized spacial score (nSPS) is 22.9. The summed E-state index contributed by atoms with van der Waals surface area (Å²) in [5.41, 5.74) is 5.54. The first-order valence-electron chi connectivity index (χ1n) is 6.95. The van der Waals surface area contributed by atoms with Crippen molar-refractivity contribution in [3.05, 3.63) is 35.4 Å². The van der Waals surface area contributed by atoms with E-state index in [1.54, 1.807) is 4.90 Å². The first-order valence-corrected chi connectivity index (χ1v) is 6.95. The molecule has 1 fully saturated rings. The number of likely N-dealkylation sites (tertiary alicyclic amines) is 1. The largest absolute Gasteiger partial charge is 0.338 e. The van der Waals surface area contributed by atoms with Crippen LogP contribution < -0.4 is 5.73 Å². The molecule has 0 saturated carbocycles. The molecule has 1 aliphatic rings. The second-order valence-corrected chi connectivity index (χ2v) is 5.48. The lowest BCUT2D eigenvalue weighted by Crippen LogP contribution is -2.49. The van der Waals surface area contributed by atoms with Crippen molar-refractivity contribution in [1.82, 2.24) is 4.90 Å². The Bertz CT molecular complexity index is 473. The van der Waals surface area contributed by atoms with Gasteiger partial charge in [-0.05, 0) is 30.9 Å². The van der Waals surface area contributed by atoms with Gasteiger partial charge in [-0.2, -0.15) is 0 Å². The van der Waals surface area contributed by atoms with Gasteiger partial charge in [-0.15, -0.1) is 0 Å². The Balaban J connectivity index is 2.11. The van der Waals surface area contributed by atoms with Crippen molar-refractivity contribution < 1.29 is 13.6 Å². The van der Waals surface area contributed by atoms with Crippen molar-refractivity contribution in [2.75, 3.05) is 13.1 Å². The smallest absolute Gasteiger partial charge is 0.227 e. The summed E-state index contributed by atoms with van der Waals surface area (Å²) < 4.78 is 27.2. The number of carbonyl (C=O) groups excluding carboxylic acids is 1. The van der Waals surface area contributed by atoms with Crippen molar-refractivity contribution in [2.24, 2.45) is 11.7 Å². The fraction of sp³-hybridized carbons (Fsp3) is 0.533. The van der Waals surface area contributed by atoms with Crippen molar-refractivity contribution in [3.8, 4) is 0 Å². The number of halogens is 2. The summed E-state index contributed by atoms with van der Waals surface area (Å²) in [5.74, 6) is -1.07. The minimum atomic E-state index is -0.673. The molecule has 0 bridgehead atoms. The summed E-state index contributed by atoms with van der Waals surface area (Å²) >= 11 is 0. The number of benzene rings is 1. The number of piperidine rings is 1. The summed E-state index contributed by atoms with van der Waals surface area (Å²) in [6.07, 6.45) is 1.51. The quantitative estimate of drug-likeness (QED) is 0.922. The van der Waals surface area contributed by atoms with Crippen LogP contribution in [0.2, 0.25) is 0 Å². The number of carbonyl (C=O) groups is 1. The zero-order valence-corrected chi connectivity index (χ0v) is 11.6. The molecule has 0 spiro atoms. The average molecular weight is 282 g/mol. The molecule has 1 heterocycles. The molecule has 20 heavy (non-hydrogen) atoms. The minimum Gasteiger partial charge on any atom is -0.338 e. The van der Waals surface area contributed by atoms with Crippen molar-refractivity contribution in [3.63, 3.8) is 0 Å². The maximum atomic E-state index is 13.6. The number of nitrogens with zero attached hydrogens (tertiary/aromatic N) is 1. The molecule has 1 saturated heterocycles. The highest BCUT2D eigenvalue weighted by atomic mass is 19.1. The molecule has 0 aliphatic carbocycles. The van der Waals surface area contributed by atoms with E-state index < -0.39 is 11.6 Å². The van der Waals surface area contributed by atoms with Crippen LogP contribution in [0.15, 0.2) is 18.2 Å². The van der Waals surface area contributed by atoms with E-state index in [1.165, 1.54) is 18.2 Å². The van der Waals surface area contributed by atoms with Crippen LogP contribution >= 0.6 is 0 Å². The Morgan fingerprint density at radius 1 is 1.40 bits per heavy atom. The van der Waals surface area contributed by atoms with Gasteiger partial charge in [0.05, 0.1) is 6.42 Å². The highest BCUT2D eigenvalue weighted by Gasteiger charge is 2.29. The third-order valence-corrected chi connectivity index (χ3v) is 3.96. The average Bonchev–Trinajstić information content (AvgIpc) is 2.42. The fourth-order valence-corrected chi connectivity index (χ4v) is 2.76. The van der Waals surface area contributed by atoms with Gasteiger partial charge in [-0.3, -0.25) is 4.79 Å². The maximum Gasteiger partial charge on any atom is 0.227 e. The zero-order chi connectivity index (χ0) is 14.7. The maximum absolute atomic E-state index is 13.6. The van der Waals surface area contributed by atoms with Crippen LogP contribution in [0.1, 0.15) is 25.3 Å². The van der Waals surface area contributed by atoms with Gasteiger partial charge in [0.25, 0.3) is 0 Å². The summed E-state index contributed by atoms with van der Waals surface area (Å²) in [4.78, 5) is 14.0. The van der Waals surface area contributed by atoms with E-state index in [0.29, 0.717) is 19.0 Å².